The van der Waals surface area contributed by atoms with Gasteiger partial charge >= 0.3 is 5.97 Å². The lowest BCUT2D eigenvalue weighted by Crippen LogP contribution is -2.25. The molecular formula is C12H14N2O4. The molecular weight excluding hydrogens is 236 g/mol. The van der Waals surface area contributed by atoms with Gasteiger partial charge in [-0.15, -0.1) is 0 Å². The SMILES string of the molecule is NCCC(C(=O)O)c1ccc2c(c1)NC(=O)CO2. The zero-order valence-electron chi connectivity index (χ0n) is 9.68. The molecule has 0 radical (unpaired) electrons. The molecule has 0 spiro atoms. The molecule has 0 fully saturated rings. The van der Waals surface area contributed by atoms with E-state index >= 15 is 0 Å². The highest BCUT2D eigenvalue weighted by Crippen LogP contribution is 2.32. The predicted molar refractivity (Wildman–Crippen MR) is 64.6 cm³/mol. The maximum absolute atomic E-state index is 11.2. The Morgan fingerprint density at radius 3 is 3.00 bits per heavy atom. The van der Waals surface area contributed by atoms with Gasteiger partial charge in [0, 0.05) is 0 Å². The van der Waals surface area contributed by atoms with Crippen LogP contribution < -0.4 is 15.8 Å². The van der Waals surface area contributed by atoms with Gasteiger partial charge in [0.25, 0.3) is 5.91 Å². The number of carbonyl (C=O) groups excluding carboxylic acids is 1. The lowest BCUT2D eigenvalue weighted by Gasteiger charge is -2.20. The molecule has 2 rings (SSSR count). The summed E-state index contributed by atoms with van der Waals surface area (Å²) < 4.78 is 5.21. The first-order chi connectivity index (χ1) is 8.61. The number of rotatable bonds is 4. The van der Waals surface area contributed by atoms with Crippen LogP contribution in [0.15, 0.2) is 18.2 Å². The number of hydrogen-bond acceptors (Lipinski definition) is 4. The van der Waals surface area contributed by atoms with Crippen LogP contribution in [0.4, 0.5) is 5.69 Å². The van der Waals surface area contributed by atoms with Gasteiger partial charge in [0.15, 0.2) is 6.61 Å². The predicted octanol–water partition coefficient (Wildman–Crippen LogP) is 0.534. The number of benzene rings is 1. The third-order valence-electron chi connectivity index (χ3n) is 2.79. The Morgan fingerprint density at radius 2 is 2.33 bits per heavy atom. The fourth-order valence-electron chi connectivity index (χ4n) is 1.92. The van der Waals surface area contributed by atoms with Gasteiger partial charge in [-0.3, -0.25) is 9.59 Å². The molecule has 1 aromatic rings. The fraction of sp³-hybridized carbons (Fsp3) is 0.333. The average molecular weight is 250 g/mol. The number of anilines is 1. The summed E-state index contributed by atoms with van der Waals surface area (Å²) in [4.78, 5) is 22.3. The van der Waals surface area contributed by atoms with Crippen molar-refractivity contribution in [2.75, 3.05) is 18.5 Å². The van der Waals surface area contributed by atoms with Crippen LogP contribution in [0.5, 0.6) is 5.75 Å². The van der Waals surface area contributed by atoms with Crippen molar-refractivity contribution < 1.29 is 19.4 Å². The molecule has 1 aromatic carbocycles. The Labute approximate surface area is 104 Å². The van der Waals surface area contributed by atoms with Crippen LogP contribution in [0.25, 0.3) is 0 Å². The van der Waals surface area contributed by atoms with Crippen molar-refractivity contribution in [1.29, 1.82) is 0 Å². The highest BCUT2D eigenvalue weighted by atomic mass is 16.5. The number of ether oxygens (including phenoxy) is 1. The average Bonchev–Trinajstić information content (AvgIpc) is 2.34. The molecule has 0 saturated heterocycles. The van der Waals surface area contributed by atoms with E-state index in [2.05, 4.69) is 5.32 Å². The largest absolute Gasteiger partial charge is 0.482 e. The number of carbonyl (C=O) groups is 2. The van der Waals surface area contributed by atoms with Crippen molar-refractivity contribution in [3.63, 3.8) is 0 Å². The second-order valence-electron chi connectivity index (χ2n) is 4.06. The van der Waals surface area contributed by atoms with Crippen molar-refractivity contribution in [2.45, 2.75) is 12.3 Å². The van der Waals surface area contributed by atoms with Crippen LogP contribution in [-0.2, 0) is 9.59 Å². The van der Waals surface area contributed by atoms with Crippen LogP contribution in [0.1, 0.15) is 17.9 Å². The van der Waals surface area contributed by atoms with E-state index in [1.165, 1.54) is 0 Å². The molecule has 1 amide bonds. The summed E-state index contributed by atoms with van der Waals surface area (Å²) in [5.41, 5.74) is 6.52. The first kappa shape index (κ1) is 12.4. The van der Waals surface area contributed by atoms with Gasteiger partial charge in [-0.05, 0) is 30.7 Å². The summed E-state index contributed by atoms with van der Waals surface area (Å²) in [6.45, 7) is 0.272. The number of fused-ring (bicyclic) bond motifs is 1. The highest BCUT2D eigenvalue weighted by Gasteiger charge is 2.22. The molecule has 6 heteroatoms. The smallest absolute Gasteiger partial charge is 0.311 e. The molecule has 1 unspecified atom stereocenters. The van der Waals surface area contributed by atoms with E-state index in [9.17, 15) is 9.59 Å². The van der Waals surface area contributed by atoms with E-state index in [-0.39, 0.29) is 19.1 Å². The minimum atomic E-state index is -0.927. The van der Waals surface area contributed by atoms with Gasteiger partial charge in [-0.1, -0.05) is 6.07 Å². The van der Waals surface area contributed by atoms with Crippen molar-refractivity contribution >= 4 is 17.6 Å². The molecule has 4 N–H and O–H groups in total. The quantitative estimate of drug-likeness (QED) is 0.723. The molecule has 1 heterocycles. The Bertz CT molecular complexity index is 487. The second-order valence-corrected chi connectivity index (χ2v) is 4.06. The summed E-state index contributed by atoms with van der Waals surface area (Å²) in [6, 6.07) is 4.97. The van der Waals surface area contributed by atoms with Crippen LogP contribution in [0, 0.1) is 0 Å². The molecule has 18 heavy (non-hydrogen) atoms. The van der Waals surface area contributed by atoms with Gasteiger partial charge in [0.05, 0.1) is 11.6 Å². The zero-order chi connectivity index (χ0) is 13.1. The maximum atomic E-state index is 11.2. The van der Waals surface area contributed by atoms with Crippen molar-refractivity contribution in [3.8, 4) is 5.75 Å². The highest BCUT2D eigenvalue weighted by molar-refractivity contribution is 5.95. The van der Waals surface area contributed by atoms with Gasteiger partial charge in [0.2, 0.25) is 0 Å². The van der Waals surface area contributed by atoms with Crippen molar-refractivity contribution in [2.24, 2.45) is 5.73 Å². The Hall–Kier alpha value is -2.08. The van der Waals surface area contributed by atoms with E-state index < -0.39 is 11.9 Å². The van der Waals surface area contributed by atoms with Gasteiger partial charge < -0.3 is 20.9 Å². The first-order valence-corrected chi connectivity index (χ1v) is 5.61. The molecule has 1 aliphatic rings. The van der Waals surface area contributed by atoms with Crippen LogP contribution >= 0.6 is 0 Å². The summed E-state index contributed by atoms with van der Waals surface area (Å²) >= 11 is 0. The Morgan fingerprint density at radius 1 is 1.56 bits per heavy atom. The number of carboxylic acid groups (broad SMARTS) is 1. The summed E-state index contributed by atoms with van der Waals surface area (Å²) in [5, 5.41) is 11.8. The van der Waals surface area contributed by atoms with E-state index in [1.807, 2.05) is 0 Å². The molecule has 6 nitrogen and oxygen atoms in total. The van der Waals surface area contributed by atoms with Crippen LogP contribution in [-0.4, -0.2) is 30.1 Å². The third-order valence-corrected chi connectivity index (χ3v) is 2.79. The lowest BCUT2D eigenvalue weighted by molar-refractivity contribution is -0.138. The van der Waals surface area contributed by atoms with Crippen LogP contribution in [0.3, 0.4) is 0 Å². The van der Waals surface area contributed by atoms with E-state index in [0.717, 1.165) is 0 Å². The molecule has 0 saturated carbocycles. The summed E-state index contributed by atoms with van der Waals surface area (Å²) in [5.74, 6) is -1.29. The number of aliphatic carboxylic acids is 1. The van der Waals surface area contributed by atoms with Gasteiger partial charge in [-0.25, -0.2) is 0 Å². The summed E-state index contributed by atoms with van der Waals surface area (Å²) in [6.07, 6.45) is 0.350. The van der Waals surface area contributed by atoms with Gasteiger partial charge in [0.1, 0.15) is 5.75 Å². The Balaban J connectivity index is 2.31. The Kier molecular flexibility index (Phi) is 3.47. The van der Waals surface area contributed by atoms with Gasteiger partial charge in [-0.2, -0.15) is 0 Å². The van der Waals surface area contributed by atoms with Crippen LogP contribution in [0.2, 0.25) is 0 Å². The standard InChI is InChI=1S/C12H14N2O4/c13-4-3-8(12(16)17)7-1-2-10-9(5-7)14-11(15)6-18-10/h1-2,5,8H,3-4,6,13H2,(H,14,15)(H,16,17). The van der Waals surface area contributed by atoms with E-state index in [1.54, 1.807) is 18.2 Å². The number of nitrogens with two attached hydrogens (primary N) is 1. The molecule has 1 atom stereocenters. The first-order valence-electron chi connectivity index (χ1n) is 5.61. The number of hydrogen-bond donors (Lipinski definition) is 3. The fourth-order valence-corrected chi connectivity index (χ4v) is 1.92. The molecule has 96 valence electrons. The second kappa shape index (κ2) is 5.05. The lowest BCUT2D eigenvalue weighted by atomic mass is 9.95. The number of nitrogens with one attached hydrogen (secondary N) is 1. The van der Waals surface area contributed by atoms with Crippen molar-refractivity contribution in [3.05, 3.63) is 23.8 Å². The molecule has 0 aromatic heterocycles. The normalized spacial score (nSPS) is 15.3. The van der Waals surface area contributed by atoms with E-state index in [0.29, 0.717) is 23.4 Å². The van der Waals surface area contributed by atoms with E-state index in [4.69, 9.17) is 15.6 Å². The zero-order valence-corrected chi connectivity index (χ0v) is 9.68. The maximum Gasteiger partial charge on any atom is 0.311 e. The summed E-state index contributed by atoms with van der Waals surface area (Å²) in [7, 11) is 0. The molecule has 1 aliphatic heterocycles. The number of amides is 1. The minimum absolute atomic E-state index is 0.0164. The van der Waals surface area contributed by atoms with Crippen molar-refractivity contribution in [1.82, 2.24) is 0 Å². The molecule has 0 bridgehead atoms. The minimum Gasteiger partial charge on any atom is -0.482 e. The monoisotopic (exact) mass is 250 g/mol. The number of carboxylic acids is 1. The topological polar surface area (TPSA) is 102 Å². The molecule has 0 aliphatic carbocycles. The third kappa shape index (κ3) is 2.43.